The molecule has 1 aliphatic heterocycles. The van der Waals surface area contributed by atoms with E-state index in [1.165, 1.54) is 31.4 Å². The van der Waals surface area contributed by atoms with E-state index >= 15 is 0 Å². The molecule has 1 aromatic rings. The van der Waals surface area contributed by atoms with Crippen molar-refractivity contribution in [2.45, 2.75) is 52.1 Å². The molecule has 1 fully saturated rings. The lowest BCUT2D eigenvalue weighted by Crippen LogP contribution is -2.36. The molecule has 1 aromatic heterocycles. The Morgan fingerprint density at radius 3 is 2.80 bits per heavy atom. The number of aromatic nitrogens is 2. The standard InChI is InChI=1S/C16H30N4/c1-5-19-9-7-6-8-14(10-17-4)16(19)15-11-18-20(12-15)13(2)3/h11-14,16-17H,5-10H2,1-4H3. The summed E-state index contributed by atoms with van der Waals surface area (Å²) in [5.41, 5.74) is 1.39. The predicted octanol–water partition coefficient (Wildman–Crippen LogP) is 2.85. The number of rotatable bonds is 5. The number of nitrogens with zero attached hydrogens (tertiary/aromatic N) is 3. The van der Waals surface area contributed by atoms with E-state index < -0.39 is 0 Å². The number of nitrogens with one attached hydrogen (secondary N) is 1. The van der Waals surface area contributed by atoms with E-state index in [2.05, 4.69) is 60.2 Å². The highest BCUT2D eigenvalue weighted by molar-refractivity contribution is 5.13. The fraction of sp³-hybridized carbons (Fsp3) is 0.812. The minimum atomic E-state index is 0.437. The van der Waals surface area contributed by atoms with Crippen LogP contribution in [0.5, 0.6) is 0 Å². The smallest absolute Gasteiger partial charge is 0.0537 e. The Balaban J connectivity index is 2.27. The minimum absolute atomic E-state index is 0.437. The van der Waals surface area contributed by atoms with Crippen LogP contribution in [0.3, 0.4) is 0 Å². The van der Waals surface area contributed by atoms with Gasteiger partial charge in [-0.3, -0.25) is 9.58 Å². The summed E-state index contributed by atoms with van der Waals surface area (Å²) < 4.78 is 2.09. The van der Waals surface area contributed by atoms with E-state index in [1.54, 1.807) is 0 Å². The fourth-order valence-electron chi connectivity index (χ4n) is 3.42. The molecule has 2 unspecified atom stereocenters. The maximum atomic E-state index is 4.55. The third-order valence-corrected chi connectivity index (χ3v) is 4.47. The summed E-state index contributed by atoms with van der Waals surface area (Å²) in [6.07, 6.45) is 8.32. The molecule has 0 saturated carbocycles. The quantitative estimate of drug-likeness (QED) is 0.899. The third-order valence-electron chi connectivity index (χ3n) is 4.47. The molecule has 0 aromatic carbocycles. The van der Waals surface area contributed by atoms with E-state index in [0.29, 0.717) is 18.0 Å². The summed E-state index contributed by atoms with van der Waals surface area (Å²) >= 11 is 0. The first-order valence-electron chi connectivity index (χ1n) is 8.10. The van der Waals surface area contributed by atoms with Crippen molar-refractivity contribution >= 4 is 0 Å². The Bertz CT molecular complexity index is 399. The molecule has 20 heavy (non-hydrogen) atoms. The zero-order valence-corrected chi connectivity index (χ0v) is 13.5. The van der Waals surface area contributed by atoms with Crippen LogP contribution in [0.1, 0.15) is 57.7 Å². The molecule has 1 aliphatic rings. The van der Waals surface area contributed by atoms with Crippen molar-refractivity contribution in [3.63, 3.8) is 0 Å². The monoisotopic (exact) mass is 278 g/mol. The number of hydrogen-bond donors (Lipinski definition) is 1. The Labute approximate surface area is 123 Å². The van der Waals surface area contributed by atoms with Gasteiger partial charge in [-0.2, -0.15) is 5.10 Å². The zero-order chi connectivity index (χ0) is 14.5. The van der Waals surface area contributed by atoms with Crippen molar-refractivity contribution in [2.75, 3.05) is 26.7 Å². The first kappa shape index (κ1) is 15.5. The maximum Gasteiger partial charge on any atom is 0.0537 e. The summed E-state index contributed by atoms with van der Waals surface area (Å²) in [4.78, 5) is 2.64. The fourth-order valence-corrected chi connectivity index (χ4v) is 3.42. The summed E-state index contributed by atoms with van der Waals surface area (Å²) in [6.45, 7) is 10.1. The molecular weight excluding hydrogens is 248 g/mol. The molecular formula is C16H30N4. The van der Waals surface area contributed by atoms with Crippen molar-refractivity contribution in [2.24, 2.45) is 5.92 Å². The summed E-state index contributed by atoms with van der Waals surface area (Å²) in [5, 5.41) is 7.94. The Morgan fingerprint density at radius 1 is 1.40 bits per heavy atom. The normalized spacial score (nSPS) is 25.1. The SMILES string of the molecule is CCN1CCCCC(CNC)C1c1cnn(C(C)C)c1. The molecule has 1 saturated heterocycles. The zero-order valence-electron chi connectivity index (χ0n) is 13.5. The van der Waals surface area contributed by atoms with E-state index in [9.17, 15) is 0 Å². The molecule has 0 amide bonds. The first-order valence-corrected chi connectivity index (χ1v) is 8.10. The summed E-state index contributed by atoms with van der Waals surface area (Å²) in [5.74, 6) is 0.687. The third kappa shape index (κ3) is 3.41. The van der Waals surface area contributed by atoms with E-state index in [1.807, 2.05) is 0 Å². The Kier molecular flexibility index (Phi) is 5.61. The van der Waals surface area contributed by atoms with Crippen LogP contribution in [-0.2, 0) is 0 Å². The van der Waals surface area contributed by atoms with Gasteiger partial charge in [-0.25, -0.2) is 0 Å². The van der Waals surface area contributed by atoms with Gasteiger partial charge in [-0.15, -0.1) is 0 Å². The van der Waals surface area contributed by atoms with E-state index in [0.717, 1.165) is 13.1 Å². The van der Waals surface area contributed by atoms with Crippen LogP contribution in [0, 0.1) is 5.92 Å². The van der Waals surface area contributed by atoms with Crippen LogP contribution < -0.4 is 5.32 Å². The van der Waals surface area contributed by atoms with Gasteiger partial charge >= 0.3 is 0 Å². The highest BCUT2D eigenvalue weighted by atomic mass is 15.3. The summed E-state index contributed by atoms with van der Waals surface area (Å²) in [6, 6.07) is 0.954. The van der Waals surface area contributed by atoms with Crippen molar-refractivity contribution in [1.29, 1.82) is 0 Å². The number of hydrogen-bond acceptors (Lipinski definition) is 3. The molecule has 0 radical (unpaired) electrons. The molecule has 0 aliphatic carbocycles. The highest BCUT2D eigenvalue weighted by Crippen LogP contribution is 2.34. The maximum absolute atomic E-state index is 4.55. The molecule has 1 N–H and O–H groups in total. The first-order chi connectivity index (χ1) is 9.67. The average molecular weight is 278 g/mol. The van der Waals surface area contributed by atoms with Crippen molar-refractivity contribution < 1.29 is 0 Å². The average Bonchev–Trinajstić information content (AvgIpc) is 2.82. The van der Waals surface area contributed by atoms with Crippen LogP contribution in [0.15, 0.2) is 12.4 Å². The Morgan fingerprint density at radius 2 is 2.20 bits per heavy atom. The van der Waals surface area contributed by atoms with Crippen LogP contribution >= 0.6 is 0 Å². The van der Waals surface area contributed by atoms with Gasteiger partial charge in [0.15, 0.2) is 0 Å². The van der Waals surface area contributed by atoms with Gasteiger partial charge < -0.3 is 5.32 Å². The van der Waals surface area contributed by atoms with Gasteiger partial charge in [-0.1, -0.05) is 13.3 Å². The van der Waals surface area contributed by atoms with Gasteiger partial charge in [0, 0.05) is 23.8 Å². The lowest BCUT2D eigenvalue weighted by atomic mass is 9.90. The lowest BCUT2D eigenvalue weighted by molar-refractivity contribution is 0.162. The second-order valence-corrected chi connectivity index (χ2v) is 6.23. The van der Waals surface area contributed by atoms with Gasteiger partial charge in [0.25, 0.3) is 0 Å². The second kappa shape index (κ2) is 7.23. The second-order valence-electron chi connectivity index (χ2n) is 6.23. The molecule has 0 bridgehead atoms. The summed E-state index contributed by atoms with van der Waals surface area (Å²) in [7, 11) is 2.07. The molecule has 0 spiro atoms. The van der Waals surface area contributed by atoms with Crippen LogP contribution in [0.2, 0.25) is 0 Å². The van der Waals surface area contributed by atoms with Crippen LogP contribution in [-0.4, -0.2) is 41.4 Å². The molecule has 2 rings (SSSR count). The van der Waals surface area contributed by atoms with Crippen molar-refractivity contribution in [3.05, 3.63) is 18.0 Å². The van der Waals surface area contributed by atoms with Crippen LogP contribution in [0.4, 0.5) is 0 Å². The molecule has 4 nitrogen and oxygen atoms in total. The van der Waals surface area contributed by atoms with Gasteiger partial charge in [-0.05, 0) is 59.3 Å². The topological polar surface area (TPSA) is 33.1 Å². The van der Waals surface area contributed by atoms with Crippen molar-refractivity contribution in [3.8, 4) is 0 Å². The minimum Gasteiger partial charge on any atom is -0.319 e. The van der Waals surface area contributed by atoms with Crippen LogP contribution in [0.25, 0.3) is 0 Å². The molecule has 2 atom stereocenters. The van der Waals surface area contributed by atoms with Gasteiger partial charge in [0.2, 0.25) is 0 Å². The van der Waals surface area contributed by atoms with E-state index in [4.69, 9.17) is 0 Å². The lowest BCUT2D eigenvalue weighted by Gasteiger charge is -2.33. The molecule has 114 valence electrons. The molecule has 4 heteroatoms. The number of likely N-dealkylation sites (tertiary alicyclic amines) is 1. The molecule has 2 heterocycles. The van der Waals surface area contributed by atoms with Crippen molar-refractivity contribution in [1.82, 2.24) is 20.0 Å². The largest absolute Gasteiger partial charge is 0.319 e. The highest BCUT2D eigenvalue weighted by Gasteiger charge is 2.30. The predicted molar refractivity (Wildman–Crippen MR) is 83.9 cm³/mol. The van der Waals surface area contributed by atoms with Gasteiger partial charge in [0.1, 0.15) is 0 Å². The van der Waals surface area contributed by atoms with Gasteiger partial charge in [0.05, 0.1) is 6.20 Å². The van der Waals surface area contributed by atoms with E-state index in [-0.39, 0.29) is 0 Å². The Hall–Kier alpha value is -0.870.